The van der Waals surface area contributed by atoms with Gasteiger partial charge in [0.1, 0.15) is 0 Å². The second-order valence-corrected chi connectivity index (χ2v) is 4.69. The van der Waals surface area contributed by atoms with E-state index in [4.69, 9.17) is 5.11 Å². The predicted octanol–water partition coefficient (Wildman–Crippen LogP) is 2.12. The molecule has 0 aliphatic heterocycles. The summed E-state index contributed by atoms with van der Waals surface area (Å²) in [4.78, 5) is 11.0. The molecular formula is C11H13O2P. The summed E-state index contributed by atoms with van der Waals surface area (Å²) in [5.41, 5.74) is 3.26. The number of hydrogen-bond donors (Lipinski definition) is 1. The Balaban J connectivity index is 2.48. The number of aromatic carboxylic acids is 1. The minimum Gasteiger partial charge on any atom is -0.478 e. The first-order valence-electron chi connectivity index (χ1n) is 4.78. The van der Waals surface area contributed by atoms with E-state index in [1.165, 1.54) is 5.56 Å². The highest BCUT2D eigenvalue weighted by molar-refractivity contribution is 7.17. The SMILES string of the molecule is O=C(O)c1cccc2c1CC(P)CC2. The van der Waals surface area contributed by atoms with Gasteiger partial charge in [0.25, 0.3) is 0 Å². The first-order chi connectivity index (χ1) is 6.68. The van der Waals surface area contributed by atoms with Crippen molar-refractivity contribution in [2.75, 3.05) is 0 Å². The lowest BCUT2D eigenvalue weighted by molar-refractivity contribution is 0.0695. The monoisotopic (exact) mass is 208 g/mol. The molecule has 0 heterocycles. The number of fused-ring (bicyclic) bond motifs is 1. The summed E-state index contributed by atoms with van der Waals surface area (Å²) in [6, 6.07) is 5.58. The summed E-state index contributed by atoms with van der Waals surface area (Å²) < 4.78 is 0. The van der Waals surface area contributed by atoms with E-state index in [1.54, 1.807) is 6.07 Å². The van der Waals surface area contributed by atoms with Gasteiger partial charge in [0.15, 0.2) is 0 Å². The molecule has 14 heavy (non-hydrogen) atoms. The molecule has 1 aliphatic carbocycles. The predicted molar refractivity (Wildman–Crippen MR) is 58.9 cm³/mol. The molecule has 74 valence electrons. The Kier molecular flexibility index (Phi) is 2.56. The maximum Gasteiger partial charge on any atom is 0.335 e. The highest BCUT2D eigenvalue weighted by Crippen LogP contribution is 2.28. The van der Waals surface area contributed by atoms with Crippen molar-refractivity contribution in [3.05, 3.63) is 34.9 Å². The molecule has 2 atom stereocenters. The molecule has 2 unspecified atom stereocenters. The molecule has 2 rings (SSSR count). The molecule has 1 aliphatic rings. The normalized spacial score (nSPS) is 20.2. The van der Waals surface area contributed by atoms with Gasteiger partial charge in [-0.3, -0.25) is 0 Å². The van der Waals surface area contributed by atoms with Crippen LogP contribution in [0.1, 0.15) is 27.9 Å². The topological polar surface area (TPSA) is 37.3 Å². The van der Waals surface area contributed by atoms with Crippen LogP contribution in [0.3, 0.4) is 0 Å². The van der Waals surface area contributed by atoms with E-state index in [2.05, 4.69) is 9.24 Å². The first-order valence-corrected chi connectivity index (χ1v) is 5.45. The van der Waals surface area contributed by atoms with Crippen molar-refractivity contribution in [2.45, 2.75) is 24.9 Å². The van der Waals surface area contributed by atoms with Crippen molar-refractivity contribution in [1.29, 1.82) is 0 Å². The van der Waals surface area contributed by atoms with Gasteiger partial charge in [0.05, 0.1) is 5.56 Å². The average Bonchev–Trinajstić information content (AvgIpc) is 2.16. The fraction of sp³-hybridized carbons (Fsp3) is 0.364. The third-order valence-corrected chi connectivity index (χ3v) is 3.32. The van der Waals surface area contributed by atoms with Crippen LogP contribution in [0.5, 0.6) is 0 Å². The fourth-order valence-corrected chi connectivity index (χ4v) is 2.42. The lowest BCUT2D eigenvalue weighted by Gasteiger charge is -2.22. The van der Waals surface area contributed by atoms with E-state index >= 15 is 0 Å². The van der Waals surface area contributed by atoms with E-state index in [-0.39, 0.29) is 0 Å². The number of aryl methyl sites for hydroxylation is 1. The molecule has 0 radical (unpaired) electrons. The molecule has 0 fully saturated rings. The second-order valence-electron chi connectivity index (χ2n) is 3.75. The summed E-state index contributed by atoms with van der Waals surface area (Å²) in [5, 5.41) is 9.02. The average molecular weight is 208 g/mol. The summed E-state index contributed by atoms with van der Waals surface area (Å²) in [7, 11) is 2.79. The summed E-state index contributed by atoms with van der Waals surface area (Å²) >= 11 is 0. The molecule has 3 heteroatoms. The zero-order valence-electron chi connectivity index (χ0n) is 7.86. The Morgan fingerprint density at radius 1 is 1.50 bits per heavy atom. The highest BCUT2D eigenvalue weighted by Gasteiger charge is 2.20. The van der Waals surface area contributed by atoms with E-state index in [0.717, 1.165) is 24.8 Å². The molecule has 2 nitrogen and oxygen atoms in total. The van der Waals surface area contributed by atoms with Gasteiger partial charge in [-0.05, 0) is 42.1 Å². The Morgan fingerprint density at radius 2 is 2.29 bits per heavy atom. The fourth-order valence-electron chi connectivity index (χ4n) is 2.02. The summed E-state index contributed by atoms with van der Waals surface area (Å²) in [5.74, 6) is -0.805. The minimum absolute atomic E-state index is 0.481. The number of benzene rings is 1. The molecule has 0 aromatic heterocycles. The summed E-state index contributed by atoms with van der Waals surface area (Å²) in [6.07, 6.45) is 3.02. The standard InChI is InChI=1S/C11H13O2P/c12-11(13)9-3-1-2-7-4-5-8(14)6-10(7)9/h1-3,8H,4-6,14H2,(H,12,13). The largest absolute Gasteiger partial charge is 0.478 e. The Labute approximate surface area is 85.5 Å². The number of carboxylic acid groups (broad SMARTS) is 1. The van der Waals surface area contributed by atoms with Crippen molar-refractivity contribution in [3.63, 3.8) is 0 Å². The Morgan fingerprint density at radius 3 is 3.00 bits per heavy atom. The van der Waals surface area contributed by atoms with Gasteiger partial charge in [0.2, 0.25) is 0 Å². The van der Waals surface area contributed by atoms with Crippen LogP contribution in [-0.2, 0) is 12.8 Å². The molecule has 0 bridgehead atoms. The van der Waals surface area contributed by atoms with E-state index in [9.17, 15) is 4.79 Å². The maximum absolute atomic E-state index is 11.0. The van der Waals surface area contributed by atoms with Crippen LogP contribution in [0.25, 0.3) is 0 Å². The molecule has 0 saturated heterocycles. The number of carboxylic acids is 1. The lowest BCUT2D eigenvalue weighted by atomic mass is 9.88. The van der Waals surface area contributed by atoms with E-state index in [1.807, 2.05) is 12.1 Å². The minimum atomic E-state index is -0.805. The molecule has 1 aromatic carbocycles. The van der Waals surface area contributed by atoms with Crippen LogP contribution in [0, 0.1) is 0 Å². The van der Waals surface area contributed by atoms with Crippen molar-refractivity contribution in [3.8, 4) is 0 Å². The summed E-state index contributed by atoms with van der Waals surface area (Å²) in [6.45, 7) is 0. The third kappa shape index (κ3) is 1.67. The van der Waals surface area contributed by atoms with Crippen LogP contribution in [0.4, 0.5) is 0 Å². The van der Waals surface area contributed by atoms with Crippen LogP contribution in [0.2, 0.25) is 0 Å². The van der Waals surface area contributed by atoms with E-state index in [0.29, 0.717) is 11.2 Å². The zero-order valence-corrected chi connectivity index (χ0v) is 9.02. The van der Waals surface area contributed by atoms with Gasteiger partial charge in [0, 0.05) is 0 Å². The molecular weight excluding hydrogens is 195 g/mol. The number of rotatable bonds is 1. The van der Waals surface area contributed by atoms with Crippen LogP contribution in [-0.4, -0.2) is 16.7 Å². The molecule has 0 saturated carbocycles. The van der Waals surface area contributed by atoms with Crippen molar-refractivity contribution in [2.24, 2.45) is 0 Å². The zero-order chi connectivity index (χ0) is 10.1. The van der Waals surface area contributed by atoms with Crippen LogP contribution >= 0.6 is 9.24 Å². The Hall–Kier alpha value is -0.880. The number of hydrogen-bond acceptors (Lipinski definition) is 1. The quantitative estimate of drug-likeness (QED) is 0.718. The van der Waals surface area contributed by atoms with Gasteiger partial charge >= 0.3 is 5.97 Å². The van der Waals surface area contributed by atoms with Crippen LogP contribution in [0.15, 0.2) is 18.2 Å². The molecule has 0 amide bonds. The van der Waals surface area contributed by atoms with Crippen molar-refractivity contribution < 1.29 is 9.90 Å². The number of carbonyl (C=O) groups is 1. The highest BCUT2D eigenvalue weighted by atomic mass is 31.0. The van der Waals surface area contributed by atoms with Crippen LogP contribution < -0.4 is 0 Å². The molecule has 1 N–H and O–H groups in total. The van der Waals surface area contributed by atoms with Crippen molar-refractivity contribution >= 4 is 15.2 Å². The van der Waals surface area contributed by atoms with Crippen molar-refractivity contribution in [1.82, 2.24) is 0 Å². The lowest BCUT2D eigenvalue weighted by Crippen LogP contribution is -2.17. The van der Waals surface area contributed by atoms with Gasteiger partial charge in [-0.1, -0.05) is 12.1 Å². The smallest absolute Gasteiger partial charge is 0.335 e. The van der Waals surface area contributed by atoms with Gasteiger partial charge < -0.3 is 5.11 Å². The molecule has 0 spiro atoms. The first kappa shape index (κ1) is 9.67. The molecule has 1 aromatic rings. The van der Waals surface area contributed by atoms with Gasteiger partial charge in [-0.2, -0.15) is 0 Å². The van der Waals surface area contributed by atoms with Gasteiger partial charge in [-0.25, -0.2) is 4.79 Å². The Bertz CT molecular complexity index is 374. The van der Waals surface area contributed by atoms with Gasteiger partial charge in [-0.15, -0.1) is 9.24 Å². The third-order valence-electron chi connectivity index (χ3n) is 2.75. The maximum atomic E-state index is 11.0. The van der Waals surface area contributed by atoms with E-state index < -0.39 is 5.97 Å². The second kappa shape index (κ2) is 3.70.